The van der Waals surface area contributed by atoms with Crippen LogP contribution in [-0.4, -0.2) is 24.4 Å². The third kappa shape index (κ3) is 18.4. The molecule has 20 heavy (non-hydrogen) atoms. The van der Waals surface area contributed by atoms with Crippen LogP contribution >= 0.6 is 22.6 Å². The fraction of sp³-hybridized carbons (Fsp3) is 0.882. The summed E-state index contributed by atoms with van der Waals surface area (Å²) >= 11 is 2.39. The van der Waals surface area contributed by atoms with Crippen molar-refractivity contribution in [3.8, 4) is 0 Å². The van der Waals surface area contributed by atoms with E-state index in [2.05, 4.69) is 41.7 Å². The van der Waals surface area contributed by atoms with Crippen LogP contribution in [0, 0.1) is 0 Å². The summed E-state index contributed by atoms with van der Waals surface area (Å²) in [5.41, 5.74) is 0. The summed E-state index contributed by atoms with van der Waals surface area (Å²) in [6.07, 6.45) is 17.3. The van der Waals surface area contributed by atoms with Gasteiger partial charge in [-0.1, -0.05) is 86.6 Å². The van der Waals surface area contributed by atoms with Crippen LogP contribution in [0.3, 0.4) is 0 Å². The number of halogens is 1. The van der Waals surface area contributed by atoms with Crippen molar-refractivity contribution in [3.63, 3.8) is 0 Å². The third-order valence-corrected chi connectivity index (χ3v) is 3.80. The van der Waals surface area contributed by atoms with Crippen molar-refractivity contribution >= 4 is 22.6 Å². The maximum Gasteiger partial charge on any atom is 0.146 e. The molecule has 0 spiro atoms. The van der Waals surface area contributed by atoms with E-state index in [1.165, 1.54) is 55.8 Å². The Morgan fingerprint density at radius 3 is 2.05 bits per heavy atom. The minimum absolute atomic E-state index is 0.455. The highest BCUT2D eigenvalue weighted by molar-refractivity contribution is 14.1. The van der Waals surface area contributed by atoms with Crippen LogP contribution in [-0.2, 0) is 9.47 Å². The van der Waals surface area contributed by atoms with E-state index in [0.717, 1.165) is 26.1 Å². The number of hydrogen-bond acceptors (Lipinski definition) is 2. The molecule has 0 saturated heterocycles. The molecule has 0 unspecified atom stereocenters. The summed E-state index contributed by atoms with van der Waals surface area (Å²) in [5, 5.41) is 0. The first kappa shape index (κ1) is 20.4. The first-order chi connectivity index (χ1) is 9.91. The van der Waals surface area contributed by atoms with E-state index in [0.29, 0.717) is 6.79 Å². The van der Waals surface area contributed by atoms with Gasteiger partial charge in [0, 0.05) is 11.0 Å². The van der Waals surface area contributed by atoms with E-state index in [9.17, 15) is 0 Å². The smallest absolute Gasteiger partial charge is 0.146 e. The monoisotopic (exact) mass is 396 g/mol. The lowest BCUT2D eigenvalue weighted by molar-refractivity contribution is -0.0531. The number of unbranched alkanes of at least 4 members (excludes halogenated alkanes) is 7. The Balaban J connectivity index is 2.96. The summed E-state index contributed by atoms with van der Waals surface area (Å²) in [7, 11) is 0. The molecule has 0 aromatic heterocycles. The molecule has 3 heteroatoms. The first-order valence-electron chi connectivity index (χ1n) is 8.28. The summed E-state index contributed by atoms with van der Waals surface area (Å²) in [6, 6.07) is 0. The number of ether oxygens (including phenoxy) is 2. The van der Waals surface area contributed by atoms with Crippen molar-refractivity contribution in [2.24, 2.45) is 0 Å². The molecule has 0 aliphatic rings. The van der Waals surface area contributed by atoms with Gasteiger partial charge in [0.05, 0.1) is 6.61 Å². The van der Waals surface area contributed by atoms with Gasteiger partial charge in [0.15, 0.2) is 0 Å². The van der Waals surface area contributed by atoms with Crippen LogP contribution in [0.2, 0.25) is 0 Å². The molecule has 0 heterocycles. The zero-order valence-corrected chi connectivity index (χ0v) is 15.4. The molecule has 0 bridgehead atoms. The molecule has 120 valence electrons. The molecule has 2 nitrogen and oxygen atoms in total. The SMILES string of the molecule is CCCCCCCCCCOCOCC/C=C/CCI. The van der Waals surface area contributed by atoms with E-state index in [4.69, 9.17) is 9.47 Å². The molecule has 0 atom stereocenters. The van der Waals surface area contributed by atoms with Gasteiger partial charge in [0.2, 0.25) is 0 Å². The van der Waals surface area contributed by atoms with E-state index in [-0.39, 0.29) is 0 Å². The lowest BCUT2D eigenvalue weighted by atomic mass is 10.1. The highest BCUT2D eigenvalue weighted by Crippen LogP contribution is 2.08. The van der Waals surface area contributed by atoms with Gasteiger partial charge >= 0.3 is 0 Å². The van der Waals surface area contributed by atoms with Crippen LogP contribution < -0.4 is 0 Å². The molecule has 0 saturated carbocycles. The lowest BCUT2D eigenvalue weighted by Gasteiger charge is -2.05. The predicted molar refractivity (Wildman–Crippen MR) is 96.6 cm³/mol. The van der Waals surface area contributed by atoms with Crippen LogP contribution in [0.15, 0.2) is 12.2 Å². The predicted octanol–water partition coefficient (Wildman–Crippen LogP) is 5.89. The van der Waals surface area contributed by atoms with E-state index in [1.54, 1.807) is 0 Å². The zero-order chi connectivity index (χ0) is 14.7. The molecule has 0 fully saturated rings. The van der Waals surface area contributed by atoms with Gasteiger partial charge in [0.1, 0.15) is 6.79 Å². The summed E-state index contributed by atoms with van der Waals surface area (Å²) in [6.45, 7) is 4.34. The second-order valence-electron chi connectivity index (χ2n) is 5.15. The lowest BCUT2D eigenvalue weighted by Crippen LogP contribution is -2.02. The minimum atomic E-state index is 0.455. The highest BCUT2D eigenvalue weighted by Gasteiger charge is 1.92. The van der Waals surface area contributed by atoms with Gasteiger partial charge in [-0.05, 0) is 19.3 Å². The van der Waals surface area contributed by atoms with E-state index in [1.807, 2.05) is 0 Å². The van der Waals surface area contributed by atoms with Crippen molar-refractivity contribution in [3.05, 3.63) is 12.2 Å². The van der Waals surface area contributed by atoms with Crippen molar-refractivity contribution < 1.29 is 9.47 Å². The van der Waals surface area contributed by atoms with Crippen LogP contribution in [0.5, 0.6) is 0 Å². The standard InChI is InChI=1S/C17H33IO2/c1-2-3-4-5-6-7-9-12-15-19-17-20-16-13-10-8-11-14-18/h8,10H,2-7,9,11-17H2,1H3/b10-8+. The van der Waals surface area contributed by atoms with Crippen molar-refractivity contribution in [1.82, 2.24) is 0 Å². The second kappa shape index (κ2) is 19.4. The molecule has 0 rings (SSSR count). The summed E-state index contributed by atoms with van der Waals surface area (Å²) in [4.78, 5) is 0. The molecule has 0 aromatic carbocycles. The Hall–Kier alpha value is 0.390. The van der Waals surface area contributed by atoms with Crippen LogP contribution in [0.1, 0.15) is 71.1 Å². The molecule has 0 amide bonds. The Labute approximate surface area is 139 Å². The van der Waals surface area contributed by atoms with Crippen molar-refractivity contribution in [2.45, 2.75) is 71.1 Å². The topological polar surface area (TPSA) is 18.5 Å². The summed E-state index contributed by atoms with van der Waals surface area (Å²) in [5.74, 6) is 0. The molecule has 0 aromatic rings. The number of alkyl halides is 1. The Bertz CT molecular complexity index is 195. The second-order valence-corrected chi connectivity index (χ2v) is 6.23. The van der Waals surface area contributed by atoms with Gasteiger partial charge in [-0.3, -0.25) is 0 Å². The fourth-order valence-corrected chi connectivity index (χ4v) is 2.32. The first-order valence-corrected chi connectivity index (χ1v) is 9.80. The van der Waals surface area contributed by atoms with Crippen LogP contribution in [0.25, 0.3) is 0 Å². The average Bonchev–Trinajstić information content (AvgIpc) is 2.47. The Morgan fingerprint density at radius 1 is 0.750 bits per heavy atom. The number of rotatable bonds is 16. The van der Waals surface area contributed by atoms with Crippen molar-refractivity contribution in [2.75, 3.05) is 24.4 Å². The normalized spacial score (nSPS) is 11.5. The average molecular weight is 396 g/mol. The van der Waals surface area contributed by atoms with E-state index < -0.39 is 0 Å². The maximum atomic E-state index is 5.46. The zero-order valence-electron chi connectivity index (χ0n) is 13.2. The number of allylic oxidation sites excluding steroid dienone is 1. The minimum Gasteiger partial charge on any atom is -0.355 e. The molecule has 0 aliphatic carbocycles. The molecule has 0 radical (unpaired) electrons. The van der Waals surface area contributed by atoms with Gasteiger partial charge in [-0.15, -0.1) is 0 Å². The van der Waals surface area contributed by atoms with Gasteiger partial charge in [0.25, 0.3) is 0 Å². The highest BCUT2D eigenvalue weighted by atomic mass is 127. The Kier molecular flexibility index (Phi) is 19.8. The van der Waals surface area contributed by atoms with Crippen molar-refractivity contribution in [1.29, 1.82) is 0 Å². The molecule has 0 N–H and O–H groups in total. The fourth-order valence-electron chi connectivity index (χ4n) is 1.96. The molecular weight excluding hydrogens is 363 g/mol. The number of hydrogen-bond donors (Lipinski definition) is 0. The van der Waals surface area contributed by atoms with Crippen LogP contribution in [0.4, 0.5) is 0 Å². The largest absolute Gasteiger partial charge is 0.355 e. The Morgan fingerprint density at radius 2 is 1.35 bits per heavy atom. The summed E-state index contributed by atoms with van der Waals surface area (Å²) < 4.78 is 12.1. The van der Waals surface area contributed by atoms with Gasteiger partial charge in [-0.2, -0.15) is 0 Å². The molecular formula is C17H33IO2. The van der Waals surface area contributed by atoms with Gasteiger partial charge < -0.3 is 9.47 Å². The van der Waals surface area contributed by atoms with E-state index >= 15 is 0 Å². The quantitative estimate of drug-likeness (QED) is 0.107. The third-order valence-electron chi connectivity index (χ3n) is 3.18. The maximum absolute atomic E-state index is 5.46. The molecule has 0 aliphatic heterocycles. The van der Waals surface area contributed by atoms with Gasteiger partial charge in [-0.25, -0.2) is 0 Å².